The topological polar surface area (TPSA) is 29.5 Å². The average Bonchev–Trinajstić information content (AvgIpc) is 3.44. The first-order valence-corrected chi connectivity index (χ1v) is 11.2. The predicted molar refractivity (Wildman–Crippen MR) is 117 cm³/mol. The lowest BCUT2D eigenvalue weighted by Gasteiger charge is -2.30. The van der Waals surface area contributed by atoms with Crippen molar-refractivity contribution >= 4 is 5.91 Å². The number of rotatable bonds is 6. The largest absolute Gasteiger partial charge is 0.359 e. The van der Waals surface area contributed by atoms with Crippen molar-refractivity contribution in [2.24, 2.45) is 11.8 Å². The van der Waals surface area contributed by atoms with Gasteiger partial charge in [0, 0.05) is 0 Å². The Morgan fingerprint density at radius 1 is 1.00 bits per heavy atom. The molecule has 0 spiro atoms. The molecule has 0 radical (unpaired) electrons. The molecule has 2 atom stereocenters. The highest BCUT2D eigenvalue weighted by atomic mass is 16.5. The zero-order valence-corrected chi connectivity index (χ0v) is 17.7. The lowest BCUT2D eigenvalue weighted by Crippen LogP contribution is -2.42. The third-order valence-electron chi connectivity index (χ3n) is 6.73. The van der Waals surface area contributed by atoms with Crippen molar-refractivity contribution in [1.82, 2.24) is 4.90 Å². The standard InChI is InChI=1S/C26H33NO2/c1-19(2)25-17-29-18-27(25)26(28)24(16-20-8-6-7-9-20)23-14-12-22(13-15-23)21-10-4-3-5-11-21/h3-5,10-15,19-20,24-25H,6-9,16-18H2,1-2H3/t24-,25-/m1/s1. The smallest absolute Gasteiger partial charge is 0.232 e. The molecule has 2 fully saturated rings. The van der Waals surface area contributed by atoms with Crippen LogP contribution in [-0.2, 0) is 9.53 Å². The van der Waals surface area contributed by atoms with Crippen LogP contribution >= 0.6 is 0 Å². The summed E-state index contributed by atoms with van der Waals surface area (Å²) in [5, 5.41) is 0. The summed E-state index contributed by atoms with van der Waals surface area (Å²) >= 11 is 0. The minimum atomic E-state index is -0.0640. The van der Waals surface area contributed by atoms with E-state index >= 15 is 0 Å². The minimum absolute atomic E-state index is 0.0640. The van der Waals surface area contributed by atoms with E-state index in [9.17, 15) is 4.79 Å². The van der Waals surface area contributed by atoms with E-state index in [1.54, 1.807) is 0 Å². The van der Waals surface area contributed by atoms with E-state index in [2.05, 4.69) is 62.4 Å². The molecule has 1 aliphatic heterocycles. The molecule has 4 rings (SSSR count). The van der Waals surface area contributed by atoms with Crippen LogP contribution in [0.1, 0.15) is 57.4 Å². The van der Waals surface area contributed by atoms with Crippen LogP contribution in [-0.4, -0.2) is 30.2 Å². The van der Waals surface area contributed by atoms with Gasteiger partial charge >= 0.3 is 0 Å². The van der Waals surface area contributed by atoms with Crippen LogP contribution in [0.5, 0.6) is 0 Å². The van der Waals surface area contributed by atoms with Crippen molar-refractivity contribution in [3.63, 3.8) is 0 Å². The second-order valence-electron chi connectivity index (χ2n) is 9.05. The quantitative estimate of drug-likeness (QED) is 0.617. The molecular weight excluding hydrogens is 358 g/mol. The monoisotopic (exact) mass is 391 g/mol. The molecule has 0 unspecified atom stereocenters. The molecule has 1 aliphatic carbocycles. The van der Waals surface area contributed by atoms with Gasteiger partial charge in [-0.25, -0.2) is 0 Å². The summed E-state index contributed by atoms with van der Waals surface area (Å²) in [4.78, 5) is 15.6. The van der Waals surface area contributed by atoms with Gasteiger partial charge in [0.2, 0.25) is 5.91 Å². The van der Waals surface area contributed by atoms with E-state index in [4.69, 9.17) is 4.74 Å². The summed E-state index contributed by atoms with van der Waals surface area (Å²) in [7, 11) is 0. The molecule has 1 amide bonds. The fourth-order valence-electron chi connectivity index (χ4n) is 4.93. The summed E-state index contributed by atoms with van der Waals surface area (Å²) in [6, 6.07) is 19.3. The number of nitrogens with zero attached hydrogens (tertiary/aromatic N) is 1. The fraction of sp³-hybridized carbons (Fsp3) is 0.500. The molecule has 2 aliphatic rings. The van der Waals surface area contributed by atoms with Crippen molar-refractivity contribution < 1.29 is 9.53 Å². The van der Waals surface area contributed by atoms with Gasteiger partial charge in [0.1, 0.15) is 6.73 Å². The third kappa shape index (κ3) is 4.56. The summed E-state index contributed by atoms with van der Waals surface area (Å²) < 4.78 is 5.69. The first-order valence-electron chi connectivity index (χ1n) is 11.2. The van der Waals surface area contributed by atoms with Gasteiger partial charge in [-0.15, -0.1) is 0 Å². The molecule has 0 bridgehead atoms. The molecule has 0 N–H and O–H groups in total. The van der Waals surface area contributed by atoms with Crippen LogP contribution < -0.4 is 0 Å². The minimum Gasteiger partial charge on any atom is -0.359 e. The van der Waals surface area contributed by atoms with E-state index in [1.807, 2.05) is 11.0 Å². The Labute approximate surface area is 175 Å². The molecule has 1 saturated heterocycles. The Morgan fingerprint density at radius 2 is 1.66 bits per heavy atom. The molecule has 154 valence electrons. The number of carbonyl (C=O) groups is 1. The van der Waals surface area contributed by atoms with Crippen molar-refractivity contribution in [2.45, 2.75) is 57.9 Å². The Kier molecular flexibility index (Phi) is 6.34. The number of hydrogen-bond donors (Lipinski definition) is 0. The summed E-state index contributed by atoms with van der Waals surface area (Å²) in [5.41, 5.74) is 3.56. The zero-order valence-electron chi connectivity index (χ0n) is 17.7. The maximum Gasteiger partial charge on any atom is 0.232 e. The normalized spacial score (nSPS) is 21.1. The number of benzene rings is 2. The van der Waals surface area contributed by atoms with E-state index in [0.29, 0.717) is 25.2 Å². The van der Waals surface area contributed by atoms with E-state index in [1.165, 1.54) is 36.8 Å². The SMILES string of the molecule is CC(C)[C@H]1COCN1C(=O)[C@H](CC1CCCC1)c1ccc(-c2ccccc2)cc1. The van der Waals surface area contributed by atoms with Gasteiger partial charge in [-0.2, -0.15) is 0 Å². The molecule has 3 nitrogen and oxygen atoms in total. The van der Waals surface area contributed by atoms with E-state index in [-0.39, 0.29) is 17.9 Å². The van der Waals surface area contributed by atoms with Crippen LogP contribution in [0.15, 0.2) is 54.6 Å². The van der Waals surface area contributed by atoms with Gasteiger partial charge in [-0.1, -0.05) is 94.1 Å². The summed E-state index contributed by atoms with van der Waals surface area (Å²) in [6.07, 6.45) is 6.09. The van der Waals surface area contributed by atoms with Crippen LogP contribution in [0.3, 0.4) is 0 Å². The van der Waals surface area contributed by atoms with Crippen molar-refractivity contribution in [3.8, 4) is 11.1 Å². The maximum absolute atomic E-state index is 13.6. The number of amides is 1. The molecule has 2 aromatic carbocycles. The highest BCUT2D eigenvalue weighted by Gasteiger charge is 2.37. The molecule has 3 heteroatoms. The van der Waals surface area contributed by atoms with Gasteiger partial charge in [0.15, 0.2) is 0 Å². The second kappa shape index (κ2) is 9.13. The first kappa shape index (κ1) is 20.2. The number of carbonyl (C=O) groups excluding carboxylic acids is 1. The highest BCUT2D eigenvalue weighted by molar-refractivity contribution is 5.84. The number of hydrogen-bond acceptors (Lipinski definition) is 2. The highest BCUT2D eigenvalue weighted by Crippen LogP contribution is 2.37. The number of ether oxygens (including phenoxy) is 1. The van der Waals surface area contributed by atoms with Crippen molar-refractivity contribution in [1.29, 1.82) is 0 Å². The fourth-order valence-corrected chi connectivity index (χ4v) is 4.93. The zero-order chi connectivity index (χ0) is 20.2. The Balaban J connectivity index is 1.59. The van der Waals surface area contributed by atoms with E-state index in [0.717, 1.165) is 12.0 Å². The first-order chi connectivity index (χ1) is 14.1. The van der Waals surface area contributed by atoms with Gasteiger partial charge in [-0.05, 0) is 34.9 Å². The Bertz CT molecular complexity index is 793. The second-order valence-corrected chi connectivity index (χ2v) is 9.05. The predicted octanol–water partition coefficient (Wildman–Crippen LogP) is 5.86. The Hall–Kier alpha value is -2.13. The van der Waals surface area contributed by atoms with E-state index < -0.39 is 0 Å². The lowest BCUT2D eigenvalue weighted by atomic mass is 9.85. The molecular formula is C26H33NO2. The van der Waals surface area contributed by atoms with Gasteiger partial charge < -0.3 is 9.64 Å². The summed E-state index contributed by atoms with van der Waals surface area (Å²) in [6.45, 7) is 5.46. The average molecular weight is 392 g/mol. The van der Waals surface area contributed by atoms with Gasteiger partial charge in [0.05, 0.1) is 18.6 Å². The van der Waals surface area contributed by atoms with Crippen LogP contribution in [0, 0.1) is 11.8 Å². The Morgan fingerprint density at radius 3 is 2.31 bits per heavy atom. The lowest BCUT2D eigenvalue weighted by molar-refractivity contribution is -0.136. The molecule has 29 heavy (non-hydrogen) atoms. The van der Waals surface area contributed by atoms with Gasteiger partial charge in [0.25, 0.3) is 0 Å². The molecule has 2 aromatic rings. The van der Waals surface area contributed by atoms with Crippen LogP contribution in [0.2, 0.25) is 0 Å². The van der Waals surface area contributed by atoms with Crippen LogP contribution in [0.4, 0.5) is 0 Å². The van der Waals surface area contributed by atoms with Crippen LogP contribution in [0.25, 0.3) is 11.1 Å². The maximum atomic E-state index is 13.6. The molecule has 1 heterocycles. The van der Waals surface area contributed by atoms with Crippen molar-refractivity contribution in [3.05, 3.63) is 60.2 Å². The van der Waals surface area contributed by atoms with Gasteiger partial charge in [-0.3, -0.25) is 4.79 Å². The molecule has 0 aromatic heterocycles. The summed E-state index contributed by atoms with van der Waals surface area (Å²) in [5.74, 6) is 1.26. The molecule has 1 saturated carbocycles. The van der Waals surface area contributed by atoms with Crippen molar-refractivity contribution in [2.75, 3.05) is 13.3 Å². The third-order valence-corrected chi connectivity index (χ3v) is 6.73.